The lowest BCUT2D eigenvalue weighted by molar-refractivity contribution is 0.0772. The van der Waals surface area contributed by atoms with Crippen LogP contribution in [0, 0.1) is 0 Å². The lowest BCUT2D eigenvalue weighted by atomic mass is 10.2. The number of carbonyl (C=O) groups excluding carboxylic acids is 1. The molecule has 0 saturated carbocycles. The Morgan fingerprint density at radius 3 is 2.45 bits per heavy atom. The number of aromatic nitrogens is 4. The molecule has 0 bridgehead atoms. The number of aliphatic hydroxyl groups is 1. The summed E-state index contributed by atoms with van der Waals surface area (Å²) >= 11 is 0. The smallest absolute Gasteiger partial charge is 0.332 e. The first kappa shape index (κ1) is 19.1. The van der Waals surface area contributed by atoms with Crippen LogP contribution in [-0.2, 0) is 30.7 Å². The number of aryl methyl sites for hydroxylation is 1. The predicted octanol–water partition coefficient (Wildman–Crippen LogP) is -1.36. The van der Waals surface area contributed by atoms with Gasteiger partial charge in [0.25, 0.3) is 21.5 Å². The summed E-state index contributed by atoms with van der Waals surface area (Å²) in [6, 6.07) is 5.82. The summed E-state index contributed by atoms with van der Waals surface area (Å²) in [6.07, 6.45) is -0.0218. The zero-order valence-electron chi connectivity index (χ0n) is 15.5. The number of hydrogen-bond donors (Lipinski definition) is 1. The van der Waals surface area contributed by atoms with Crippen LogP contribution in [0.4, 0.5) is 0 Å². The van der Waals surface area contributed by atoms with Crippen LogP contribution in [0.25, 0.3) is 11.2 Å². The zero-order valence-corrected chi connectivity index (χ0v) is 16.3. The molecular formula is C17H17N5O6S. The zero-order chi connectivity index (χ0) is 21.1. The second-order valence-electron chi connectivity index (χ2n) is 6.77. The first-order chi connectivity index (χ1) is 13.6. The van der Waals surface area contributed by atoms with Gasteiger partial charge in [-0.2, -0.15) is 0 Å². The molecule has 0 spiro atoms. The maximum absolute atomic E-state index is 12.6. The van der Waals surface area contributed by atoms with E-state index in [4.69, 9.17) is 0 Å². The van der Waals surface area contributed by atoms with Crippen molar-refractivity contribution in [3.63, 3.8) is 0 Å². The van der Waals surface area contributed by atoms with Crippen molar-refractivity contribution in [3.8, 4) is 0 Å². The Morgan fingerprint density at radius 2 is 1.76 bits per heavy atom. The number of β-amino-alcohol motifs (C(OH)–C–C–N with tert-alkyl or cyclic N) is 1. The molecule has 0 radical (unpaired) electrons. The van der Waals surface area contributed by atoms with Crippen LogP contribution in [0.3, 0.4) is 0 Å². The fourth-order valence-corrected chi connectivity index (χ4v) is 5.03. The van der Waals surface area contributed by atoms with Crippen LogP contribution < -0.4 is 11.2 Å². The van der Waals surface area contributed by atoms with Gasteiger partial charge in [0.15, 0.2) is 11.2 Å². The van der Waals surface area contributed by atoms with Gasteiger partial charge < -0.3 is 9.67 Å². The Kier molecular flexibility index (Phi) is 4.20. The topological polar surface area (TPSA) is 136 Å². The highest BCUT2D eigenvalue weighted by molar-refractivity contribution is 7.90. The molecule has 3 heterocycles. The lowest BCUT2D eigenvalue weighted by Crippen LogP contribution is -2.40. The van der Waals surface area contributed by atoms with Crippen LogP contribution in [0.1, 0.15) is 10.4 Å². The van der Waals surface area contributed by atoms with Gasteiger partial charge in [-0.15, -0.1) is 0 Å². The average Bonchev–Trinajstić information content (AvgIpc) is 3.18. The van der Waals surface area contributed by atoms with E-state index in [1.807, 2.05) is 0 Å². The van der Waals surface area contributed by atoms with Crippen LogP contribution in [0.15, 0.2) is 45.1 Å². The van der Waals surface area contributed by atoms with Crippen molar-refractivity contribution < 1.29 is 18.3 Å². The second-order valence-corrected chi connectivity index (χ2v) is 8.60. The standard InChI is InChI=1S/C17H17N5O6S/c1-19-14-13(16(25)20(2)17(19)26)21(9-18-14)7-10(23)8-22-15(24)11-5-3-4-6-12(11)29(22,27)28/h3-6,9-10,23H,7-8H2,1-2H3/t10-/m1/s1. The molecule has 12 heteroatoms. The summed E-state index contributed by atoms with van der Waals surface area (Å²) in [4.78, 5) is 40.9. The molecule has 0 saturated heterocycles. The van der Waals surface area contributed by atoms with E-state index in [-0.39, 0.29) is 28.2 Å². The number of nitrogens with zero attached hydrogens (tertiary/aromatic N) is 5. The van der Waals surface area contributed by atoms with E-state index in [9.17, 15) is 27.9 Å². The molecule has 1 atom stereocenters. The third-order valence-corrected chi connectivity index (χ3v) is 6.72. The van der Waals surface area contributed by atoms with Crippen molar-refractivity contribution in [1.82, 2.24) is 23.0 Å². The van der Waals surface area contributed by atoms with Crippen molar-refractivity contribution in [1.29, 1.82) is 0 Å². The third-order valence-electron chi connectivity index (χ3n) is 4.91. The molecule has 1 aliphatic rings. The minimum absolute atomic E-state index is 0.0525. The van der Waals surface area contributed by atoms with Crippen molar-refractivity contribution >= 4 is 27.1 Å². The van der Waals surface area contributed by atoms with Gasteiger partial charge in [0.05, 0.1) is 31.1 Å². The first-order valence-corrected chi connectivity index (χ1v) is 10.0. The van der Waals surface area contributed by atoms with Crippen molar-refractivity contribution in [3.05, 3.63) is 57.0 Å². The van der Waals surface area contributed by atoms with E-state index in [1.165, 1.54) is 47.8 Å². The predicted molar refractivity (Wildman–Crippen MR) is 101 cm³/mol. The maximum Gasteiger partial charge on any atom is 0.332 e. The molecule has 2 aromatic heterocycles. The Bertz CT molecular complexity index is 1380. The molecule has 1 N–H and O–H groups in total. The molecule has 0 fully saturated rings. The molecule has 11 nitrogen and oxygen atoms in total. The molecule has 4 rings (SSSR count). The summed E-state index contributed by atoms with van der Waals surface area (Å²) in [7, 11) is -1.26. The molecule has 0 aliphatic carbocycles. The number of amides is 1. The van der Waals surface area contributed by atoms with Crippen LogP contribution in [0.2, 0.25) is 0 Å². The van der Waals surface area contributed by atoms with Gasteiger partial charge in [0.2, 0.25) is 0 Å². The monoisotopic (exact) mass is 419 g/mol. The van der Waals surface area contributed by atoms with Crippen molar-refractivity contribution in [2.24, 2.45) is 14.1 Å². The Morgan fingerprint density at radius 1 is 1.07 bits per heavy atom. The molecule has 0 unspecified atom stereocenters. The highest BCUT2D eigenvalue weighted by Gasteiger charge is 2.41. The molecule has 1 amide bonds. The summed E-state index contributed by atoms with van der Waals surface area (Å²) < 4.78 is 29.3. The van der Waals surface area contributed by atoms with E-state index < -0.39 is 39.8 Å². The Labute approximate surface area is 164 Å². The minimum Gasteiger partial charge on any atom is -0.389 e. The number of sulfonamides is 1. The Balaban J connectivity index is 1.65. The van der Waals surface area contributed by atoms with Gasteiger partial charge in [-0.25, -0.2) is 22.5 Å². The van der Waals surface area contributed by atoms with Gasteiger partial charge in [0, 0.05) is 14.1 Å². The molecule has 29 heavy (non-hydrogen) atoms. The highest BCUT2D eigenvalue weighted by atomic mass is 32.2. The van der Waals surface area contributed by atoms with E-state index >= 15 is 0 Å². The summed E-state index contributed by atoms with van der Waals surface area (Å²) in [5.74, 6) is -0.714. The first-order valence-electron chi connectivity index (χ1n) is 8.59. The van der Waals surface area contributed by atoms with Crippen molar-refractivity contribution in [2.45, 2.75) is 17.5 Å². The molecule has 152 valence electrons. The SMILES string of the molecule is Cn1c(=O)c2c(ncn2C[C@@H](O)CN2C(=O)c3ccccc3S2(=O)=O)n(C)c1=O. The quantitative estimate of drug-likeness (QED) is 0.551. The highest BCUT2D eigenvalue weighted by Crippen LogP contribution is 2.30. The summed E-state index contributed by atoms with van der Waals surface area (Å²) in [5, 5.41) is 10.5. The maximum atomic E-state index is 12.6. The van der Waals surface area contributed by atoms with E-state index in [0.29, 0.717) is 4.31 Å². The number of aliphatic hydroxyl groups excluding tert-OH is 1. The van der Waals surface area contributed by atoms with E-state index in [1.54, 1.807) is 6.07 Å². The molecule has 1 aromatic carbocycles. The fourth-order valence-electron chi connectivity index (χ4n) is 3.42. The summed E-state index contributed by atoms with van der Waals surface area (Å²) in [6.45, 7) is -0.679. The average molecular weight is 419 g/mol. The van der Waals surface area contributed by atoms with E-state index in [0.717, 1.165) is 4.57 Å². The second kappa shape index (κ2) is 6.39. The number of benzene rings is 1. The van der Waals surface area contributed by atoms with Crippen LogP contribution >= 0.6 is 0 Å². The van der Waals surface area contributed by atoms with Gasteiger partial charge >= 0.3 is 5.69 Å². The minimum atomic E-state index is -4.05. The van der Waals surface area contributed by atoms with Crippen molar-refractivity contribution in [2.75, 3.05) is 6.54 Å². The number of hydrogen-bond acceptors (Lipinski definition) is 7. The van der Waals surface area contributed by atoms with Gasteiger partial charge in [-0.05, 0) is 12.1 Å². The molecule has 3 aromatic rings. The largest absolute Gasteiger partial charge is 0.389 e. The Hall–Kier alpha value is -3.25. The van der Waals surface area contributed by atoms with Crippen LogP contribution in [0.5, 0.6) is 0 Å². The molecular weight excluding hydrogens is 402 g/mol. The van der Waals surface area contributed by atoms with Gasteiger partial charge in [0.1, 0.15) is 4.90 Å². The van der Waals surface area contributed by atoms with Gasteiger partial charge in [-0.1, -0.05) is 12.1 Å². The number of rotatable bonds is 4. The molecule has 1 aliphatic heterocycles. The van der Waals surface area contributed by atoms with E-state index in [2.05, 4.69) is 4.98 Å². The normalized spacial score (nSPS) is 16.4. The third kappa shape index (κ3) is 2.71. The van der Waals surface area contributed by atoms with Gasteiger partial charge in [-0.3, -0.25) is 18.7 Å². The number of imidazole rings is 1. The number of carbonyl (C=O) groups is 1. The number of fused-ring (bicyclic) bond motifs is 2. The van der Waals surface area contributed by atoms with Crippen LogP contribution in [-0.4, -0.2) is 55.1 Å². The fraction of sp³-hybridized carbons (Fsp3) is 0.294. The summed E-state index contributed by atoms with van der Waals surface area (Å²) in [5.41, 5.74) is -0.850. The lowest BCUT2D eigenvalue weighted by Gasteiger charge is -2.19.